The van der Waals surface area contributed by atoms with Crippen LogP contribution in [0.1, 0.15) is 31.2 Å². The minimum Gasteiger partial charge on any atom is -0.481 e. The number of piperazine rings is 1. The zero-order valence-electron chi connectivity index (χ0n) is 14.1. The Morgan fingerprint density at radius 3 is 2.44 bits per heavy atom. The maximum absolute atomic E-state index is 12.4. The van der Waals surface area contributed by atoms with E-state index in [0.29, 0.717) is 37.6 Å². The van der Waals surface area contributed by atoms with Crippen molar-refractivity contribution in [1.82, 2.24) is 4.90 Å². The SMILES string of the molecule is CC(=O)N1CCN(c2c(Cl)cccc2[C@H]2C[C@@H](C(=O)O)CC2=O)CC1. The van der Waals surface area contributed by atoms with Crippen molar-refractivity contribution in [2.24, 2.45) is 5.92 Å². The molecule has 1 saturated heterocycles. The highest BCUT2D eigenvalue weighted by Gasteiger charge is 2.39. The van der Waals surface area contributed by atoms with Crippen LogP contribution in [-0.4, -0.2) is 53.8 Å². The Morgan fingerprint density at radius 2 is 1.88 bits per heavy atom. The van der Waals surface area contributed by atoms with E-state index in [0.717, 1.165) is 11.3 Å². The van der Waals surface area contributed by atoms with Gasteiger partial charge < -0.3 is 14.9 Å². The topological polar surface area (TPSA) is 77.9 Å². The fraction of sp³-hybridized carbons (Fsp3) is 0.500. The van der Waals surface area contributed by atoms with E-state index in [1.54, 1.807) is 24.0 Å². The molecule has 1 heterocycles. The Kier molecular flexibility index (Phi) is 4.99. The molecule has 0 spiro atoms. The average Bonchev–Trinajstić information content (AvgIpc) is 2.97. The summed E-state index contributed by atoms with van der Waals surface area (Å²) < 4.78 is 0. The lowest BCUT2D eigenvalue weighted by Gasteiger charge is -2.37. The Hall–Kier alpha value is -2.08. The van der Waals surface area contributed by atoms with Crippen LogP contribution in [0.15, 0.2) is 18.2 Å². The normalized spacial score (nSPS) is 23.8. The van der Waals surface area contributed by atoms with Crippen LogP contribution in [0.25, 0.3) is 0 Å². The first kappa shape index (κ1) is 17.7. The van der Waals surface area contributed by atoms with Crippen molar-refractivity contribution in [3.05, 3.63) is 28.8 Å². The first-order chi connectivity index (χ1) is 11.9. The van der Waals surface area contributed by atoms with Crippen molar-refractivity contribution in [2.75, 3.05) is 31.1 Å². The molecule has 2 fully saturated rings. The molecule has 1 amide bonds. The number of halogens is 1. The van der Waals surface area contributed by atoms with Gasteiger partial charge in [-0.05, 0) is 18.1 Å². The number of ketones is 1. The van der Waals surface area contributed by atoms with Crippen molar-refractivity contribution in [3.63, 3.8) is 0 Å². The number of carboxylic acids is 1. The first-order valence-electron chi connectivity index (χ1n) is 8.43. The van der Waals surface area contributed by atoms with E-state index in [4.69, 9.17) is 11.6 Å². The standard InChI is InChI=1S/C18H21ClN2O4/c1-11(22)20-5-7-21(8-6-20)17-13(3-2-4-15(17)19)14-9-12(18(24)25)10-16(14)23/h2-4,12,14H,5-10H2,1H3,(H,24,25)/t12-,14-/m1/s1. The third-order valence-electron chi connectivity index (χ3n) is 5.14. The summed E-state index contributed by atoms with van der Waals surface area (Å²) in [5.41, 5.74) is 1.61. The molecule has 1 aliphatic carbocycles. The van der Waals surface area contributed by atoms with Crippen LogP contribution in [0.5, 0.6) is 0 Å². The zero-order chi connectivity index (χ0) is 18.1. The molecule has 2 atom stereocenters. The van der Waals surface area contributed by atoms with Gasteiger partial charge in [-0.2, -0.15) is 0 Å². The number of para-hydroxylation sites is 1. The third-order valence-corrected chi connectivity index (χ3v) is 5.45. The van der Waals surface area contributed by atoms with Crippen molar-refractivity contribution in [1.29, 1.82) is 0 Å². The van der Waals surface area contributed by atoms with Gasteiger partial charge in [0.15, 0.2) is 0 Å². The van der Waals surface area contributed by atoms with Crippen molar-refractivity contribution in [3.8, 4) is 0 Å². The molecule has 2 aliphatic rings. The molecule has 0 aromatic heterocycles. The number of anilines is 1. The number of rotatable bonds is 3. The molecule has 1 aromatic rings. The number of benzene rings is 1. The summed E-state index contributed by atoms with van der Waals surface area (Å²) >= 11 is 6.44. The second-order valence-electron chi connectivity index (χ2n) is 6.66. The highest BCUT2D eigenvalue weighted by molar-refractivity contribution is 6.33. The Balaban J connectivity index is 1.87. The summed E-state index contributed by atoms with van der Waals surface area (Å²) in [4.78, 5) is 39.0. The fourth-order valence-electron chi connectivity index (χ4n) is 3.76. The van der Waals surface area contributed by atoms with Crippen LogP contribution in [0.4, 0.5) is 5.69 Å². The van der Waals surface area contributed by atoms with Crippen LogP contribution in [0, 0.1) is 5.92 Å². The number of carboxylic acid groups (broad SMARTS) is 1. The molecule has 0 unspecified atom stereocenters. The highest BCUT2D eigenvalue weighted by atomic mass is 35.5. The van der Waals surface area contributed by atoms with Gasteiger partial charge in [-0.1, -0.05) is 23.7 Å². The Morgan fingerprint density at radius 1 is 1.20 bits per heavy atom. The molecule has 1 N–H and O–H groups in total. The molecule has 3 rings (SSSR count). The number of hydrogen-bond donors (Lipinski definition) is 1. The molecule has 1 aliphatic heterocycles. The van der Waals surface area contributed by atoms with E-state index in [2.05, 4.69) is 4.90 Å². The molecular weight excluding hydrogens is 344 g/mol. The summed E-state index contributed by atoms with van der Waals surface area (Å²) in [5.74, 6) is -1.97. The summed E-state index contributed by atoms with van der Waals surface area (Å²) in [6.07, 6.45) is 0.388. The summed E-state index contributed by atoms with van der Waals surface area (Å²) in [6, 6.07) is 5.45. The van der Waals surface area contributed by atoms with Crippen molar-refractivity contribution in [2.45, 2.75) is 25.7 Å². The third kappa shape index (κ3) is 3.49. The van der Waals surface area contributed by atoms with Crippen LogP contribution >= 0.6 is 11.6 Å². The van der Waals surface area contributed by atoms with E-state index in [1.165, 1.54) is 0 Å². The van der Waals surface area contributed by atoms with Crippen molar-refractivity contribution < 1.29 is 19.5 Å². The second-order valence-corrected chi connectivity index (χ2v) is 7.07. The molecule has 1 saturated carbocycles. The van der Waals surface area contributed by atoms with E-state index in [-0.39, 0.29) is 18.1 Å². The number of carbonyl (C=O) groups excluding carboxylic acids is 2. The molecule has 1 aromatic carbocycles. The Labute approximate surface area is 151 Å². The van der Waals surface area contributed by atoms with Gasteiger partial charge in [-0.15, -0.1) is 0 Å². The Bertz CT molecular complexity index is 713. The maximum Gasteiger partial charge on any atom is 0.306 e. The molecule has 25 heavy (non-hydrogen) atoms. The number of nitrogens with zero attached hydrogens (tertiary/aromatic N) is 2. The van der Waals surface area contributed by atoms with Gasteiger partial charge in [-0.3, -0.25) is 14.4 Å². The quantitative estimate of drug-likeness (QED) is 0.889. The van der Waals surface area contributed by atoms with Crippen LogP contribution < -0.4 is 4.90 Å². The number of aliphatic carboxylic acids is 1. The largest absolute Gasteiger partial charge is 0.481 e. The molecule has 7 heteroatoms. The van der Waals surface area contributed by atoms with Gasteiger partial charge in [0, 0.05) is 45.4 Å². The highest BCUT2D eigenvalue weighted by Crippen LogP contribution is 2.42. The predicted molar refractivity (Wildman–Crippen MR) is 94.0 cm³/mol. The lowest BCUT2D eigenvalue weighted by molar-refractivity contribution is -0.142. The van der Waals surface area contributed by atoms with Gasteiger partial charge >= 0.3 is 5.97 Å². The predicted octanol–water partition coefficient (Wildman–Crippen LogP) is 2.16. The van der Waals surface area contributed by atoms with Crippen LogP contribution in [-0.2, 0) is 14.4 Å². The number of carbonyl (C=O) groups is 3. The number of hydrogen-bond acceptors (Lipinski definition) is 4. The van der Waals surface area contributed by atoms with E-state index < -0.39 is 17.8 Å². The fourth-order valence-corrected chi connectivity index (χ4v) is 4.07. The maximum atomic E-state index is 12.4. The monoisotopic (exact) mass is 364 g/mol. The van der Waals surface area contributed by atoms with Gasteiger partial charge in [0.05, 0.1) is 16.6 Å². The molecular formula is C18H21ClN2O4. The van der Waals surface area contributed by atoms with Crippen LogP contribution in [0.2, 0.25) is 5.02 Å². The number of amides is 1. The minimum atomic E-state index is -0.922. The van der Waals surface area contributed by atoms with E-state index >= 15 is 0 Å². The average molecular weight is 365 g/mol. The lowest BCUT2D eigenvalue weighted by atomic mass is 9.93. The second kappa shape index (κ2) is 7.04. The van der Waals surface area contributed by atoms with Crippen molar-refractivity contribution >= 4 is 34.9 Å². The van der Waals surface area contributed by atoms with E-state index in [9.17, 15) is 19.5 Å². The van der Waals surface area contributed by atoms with Gasteiger partial charge in [0.25, 0.3) is 0 Å². The van der Waals surface area contributed by atoms with Gasteiger partial charge in [0.2, 0.25) is 5.91 Å². The summed E-state index contributed by atoms with van der Waals surface area (Å²) in [5, 5.41) is 9.78. The summed E-state index contributed by atoms with van der Waals surface area (Å²) in [7, 11) is 0. The first-order valence-corrected chi connectivity index (χ1v) is 8.80. The zero-order valence-corrected chi connectivity index (χ0v) is 14.8. The molecule has 6 nitrogen and oxygen atoms in total. The van der Waals surface area contributed by atoms with Gasteiger partial charge in [-0.25, -0.2) is 0 Å². The molecule has 0 radical (unpaired) electrons. The molecule has 0 bridgehead atoms. The smallest absolute Gasteiger partial charge is 0.306 e. The summed E-state index contributed by atoms with van der Waals surface area (Å²) in [6.45, 7) is 4.05. The van der Waals surface area contributed by atoms with E-state index in [1.807, 2.05) is 6.07 Å². The van der Waals surface area contributed by atoms with Crippen LogP contribution in [0.3, 0.4) is 0 Å². The van der Waals surface area contributed by atoms with Gasteiger partial charge in [0.1, 0.15) is 5.78 Å². The minimum absolute atomic E-state index is 0.0433. The number of Topliss-reactive ketones (excluding diaryl/α,β-unsaturated/α-hetero) is 1. The lowest BCUT2D eigenvalue weighted by Crippen LogP contribution is -2.48. The molecule has 134 valence electrons.